The molecule has 0 saturated heterocycles. The van der Waals surface area contributed by atoms with Crippen LogP contribution in [0.2, 0.25) is 0 Å². The van der Waals surface area contributed by atoms with Gasteiger partial charge in [0.25, 0.3) is 0 Å². The summed E-state index contributed by atoms with van der Waals surface area (Å²) in [6.07, 6.45) is 11.1. The summed E-state index contributed by atoms with van der Waals surface area (Å²) in [7, 11) is 0. The van der Waals surface area contributed by atoms with Gasteiger partial charge in [-0.3, -0.25) is 0 Å². The zero-order chi connectivity index (χ0) is 16.0. The zero-order valence-corrected chi connectivity index (χ0v) is 13.6. The highest BCUT2D eigenvalue weighted by atomic mass is 16.3. The van der Waals surface area contributed by atoms with E-state index in [0.717, 1.165) is 18.5 Å². The first kappa shape index (κ1) is 16.3. The summed E-state index contributed by atoms with van der Waals surface area (Å²) in [6, 6.07) is 10.4. The molecular weight excluding hydrogens is 270 g/mol. The monoisotopic (exact) mass is 295 g/mol. The molecule has 2 N–H and O–H groups in total. The molecule has 2 nitrogen and oxygen atoms in total. The first-order valence-corrected chi connectivity index (χ1v) is 7.71. The van der Waals surface area contributed by atoms with E-state index in [4.69, 9.17) is 0 Å². The third-order valence-electron chi connectivity index (χ3n) is 3.58. The van der Waals surface area contributed by atoms with E-state index in [1.165, 1.54) is 16.7 Å². The molecule has 1 unspecified atom stereocenters. The van der Waals surface area contributed by atoms with E-state index in [9.17, 15) is 5.11 Å². The van der Waals surface area contributed by atoms with Gasteiger partial charge in [-0.05, 0) is 44.2 Å². The quantitative estimate of drug-likeness (QED) is 0.813. The summed E-state index contributed by atoms with van der Waals surface area (Å²) in [5.74, 6) is 0. The van der Waals surface area contributed by atoms with E-state index in [-0.39, 0.29) is 0 Å². The van der Waals surface area contributed by atoms with Gasteiger partial charge in [-0.15, -0.1) is 0 Å². The van der Waals surface area contributed by atoms with E-state index in [2.05, 4.69) is 47.8 Å². The average Bonchev–Trinajstić information content (AvgIpc) is 2.47. The van der Waals surface area contributed by atoms with Crippen LogP contribution in [0.15, 0.2) is 72.0 Å². The van der Waals surface area contributed by atoms with Crippen molar-refractivity contribution in [2.75, 3.05) is 6.54 Å². The molecule has 1 aromatic carbocycles. The minimum atomic E-state index is -0.608. The molecule has 2 aliphatic rings. The largest absolute Gasteiger partial charge is 0.387 e. The molecule has 0 radical (unpaired) electrons. The Balaban J connectivity index is 0.000000164. The number of aliphatic hydroxyl groups is 1. The van der Waals surface area contributed by atoms with Crippen molar-refractivity contribution in [1.82, 2.24) is 5.32 Å². The summed E-state index contributed by atoms with van der Waals surface area (Å²) in [5.41, 5.74) is 4.39. The van der Waals surface area contributed by atoms with Crippen LogP contribution >= 0.6 is 0 Å². The van der Waals surface area contributed by atoms with Crippen LogP contribution in [-0.2, 0) is 0 Å². The Labute approximate surface area is 133 Å². The molecule has 0 aromatic heterocycles. The first-order valence-electron chi connectivity index (χ1n) is 7.71. The molecule has 116 valence electrons. The third kappa shape index (κ3) is 5.05. The lowest BCUT2D eigenvalue weighted by Gasteiger charge is -2.23. The van der Waals surface area contributed by atoms with E-state index in [1.54, 1.807) is 0 Å². The van der Waals surface area contributed by atoms with Crippen molar-refractivity contribution in [2.45, 2.75) is 32.8 Å². The Morgan fingerprint density at radius 1 is 1.14 bits per heavy atom. The van der Waals surface area contributed by atoms with Gasteiger partial charge in [0.05, 0.1) is 5.60 Å². The fraction of sp³-hybridized carbons (Fsp3) is 0.300. The van der Waals surface area contributed by atoms with Crippen LogP contribution in [0, 0.1) is 0 Å². The molecule has 1 heterocycles. The van der Waals surface area contributed by atoms with Crippen molar-refractivity contribution in [3.63, 3.8) is 0 Å². The predicted molar refractivity (Wildman–Crippen MR) is 94.3 cm³/mol. The maximum atomic E-state index is 9.60. The molecule has 2 heteroatoms. The van der Waals surface area contributed by atoms with Crippen molar-refractivity contribution in [3.8, 4) is 0 Å². The Hall–Kier alpha value is -2.06. The van der Waals surface area contributed by atoms with Crippen LogP contribution in [0.5, 0.6) is 0 Å². The molecule has 1 aromatic rings. The lowest BCUT2D eigenvalue weighted by Crippen LogP contribution is -2.23. The smallest absolute Gasteiger partial charge is 0.0842 e. The van der Waals surface area contributed by atoms with Crippen LogP contribution in [0.3, 0.4) is 0 Å². The summed E-state index contributed by atoms with van der Waals surface area (Å²) in [4.78, 5) is 0. The lowest BCUT2D eigenvalue weighted by atomic mass is 9.89. The second-order valence-electron chi connectivity index (χ2n) is 6.18. The van der Waals surface area contributed by atoms with E-state index >= 15 is 0 Å². The van der Waals surface area contributed by atoms with Crippen LogP contribution in [0.25, 0.3) is 5.57 Å². The third-order valence-corrected chi connectivity index (χ3v) is 3.58. The minimum absolute atomic E-state index is 0.608. The van der Waals surface area contributed by atoms with Gasteiger partial charge in [-0.1, -0.05) is 59.7 Å². The summed E-state index contributed by atoms with van der Waals surface area (Å²) in [6.45, 7) is 6.83. The maximum absolute atomic E-state index is 9.60. The standard InChI is InChI=1S/C11H11N.C9H14O/c1-2-4-10(5-3-1)11-6-8-12-9-7-11;1-7-4-8(2)6-9(3,10)5-7/h1-8,12H,9H2;4-5,10H,6H2,1-3H3. The zero-order valence-electron chi connectivity index (χ0n) is 13.6. The van der Waals surface area contributed by atoms with Crippen LogP contribution in [0.4, 0.5) is 0 Å². The number of benzene rings is 1. The van der Waals surface area contributed by atoms with Gasteiger partial charge in [-0.2, -0.15) is 0 Å². The van der Waals surface area contributed by atoms with Crippen molar-refractivity contribution >= 4 is 5.57 Å². The van der Waals surface area contributed by atoms with Gasteiger partial charge in [0.1, 0.15) is 0 Å². The number of allylic oxidation sites excluding steroid dienone is 4. The van der Waals surface area contributed by atoms with Crippen molar-refractivity contribution in [1.29, 1.82) is 0 Å². The second-order valence-corrected chi connectivity index (χ2v) is 6.18. The number of rotatable bonds is 1. The fourth-order valence-corrected chi connectivity index (χ4v) is 2.89. The predicted octanol–water partition coefficient (Wildman–Crippen LogP) is 4.22. The number of hydrogen-bond donors (Lipinski definition) is 2. The van der Waals surface area contributed by atoms with Gasteiger partial charge in [0, 0.05) is 13.0 Å². The van der Waals surface area contributed by atoms with Gasteiger partial charge in [0.15, 0.2) is 0 Å². The summed E-state index contributed by atoms with van der Waals surface area (Å²) in [5, 5.41) is 12.7. The maximum Gasteiger partial charge on any atom is 0.0842 e. The lowest BCUT2D eigenvalue weighted by molar-refractivity contribution is 0.110. The van der Waals surface area contributed by atoms with Gasteiger partial charge >= 0.3 is 0 Å². The van der Waals surface area contributed by atoms with Gasteiger partial charge in [0.2, 0.25) is 0 Å². The van der Waals surface area contributed by atoms with Crippen LogP contribution in [0.1, 0.15) is 32.8 Å². The van der Waals surface area contributed by atoms with Crippen molar-refractivity contribution in [2.24, 2.45) is 0 Å². The summed E-state index contributed by atoms with van der Waals surface area (Å²) < 4.78 is 0. The molecule has 0 fully saturated rings. The highest BCUT2D eigenvalue weighted by Crippen LogP contribution is 2.25. The molecule has 0 spiro atoms. The van der Waals surface area contributed by atoms with E-state index in [1.807, 2.05) is 39.1 Å². The number of hydrogen-bond acceptors (Lipinski definition) is 2. The first-order chi connectivity index (χ1) is 10.5. The molecule has 0 amide bonds. The highest BCUT2D eigenvalue weighted by Gasteiger charge is 2.20. The molecule has 0 saturated carbocycles. The van der Waals surface area contributed by atoms with Crippen LogP contribution < -0.4 is 5.32 Å². The molecule has 0 bridgehead atoms. The van der Waals surface area contributed by atoms with E-state index in [0.29, 0.717) is 0 Å². The highest BCUT2D eigenvalue weighted by molar-refractivity contribution is 5.74. The van der Waals surface area contributed by atoms with Crippen molar-refractivity contribution < 1.29 is 5.11 Å². The van der Waals surface area contributed by atoms with Crippen LogP contribution in [-0.4, -0.2) is 17.3 Å². The normalized spacial score (nSPS) is 23.4. The van der Waals surface area contributed by atoms with Gasteiger partial charge in [-0.25, -0.2) is 0 Å². The minimum Gasteiger partial charge on any atom is -0.387 e. The SMILES string of the molecule is C1=CC(c2ccccc2)=CCN1.CC1=CC(C)(O)CC(C)=C1. The summed E-state index contributed by atoms with van der Waals surface area (Å²) >= 11 is 0. The Kier molecular flexibility index (Phi) is 5.40. The number of dihydropyridines is 1. The van der Waals surface area contributed by atoms with Gasteiger partial charge < -0.3 is 10.4 Å². The Morgan fingerprint density at radius 2 is 1.86 bits per heavy atom. The topological polar surface area (TPSA) is 32.3 Å². The van der Waals surface area contributed by atoms with Crippen molar-refractivity contribution in [3.05, 3.63) is 77.5 Å². The molecule has 1 atom stereocenters. The molecule has 1 aliphatic carbocycles. The molecular formula is C20H25NO. The Bertz CT molecular complexity index is 618. The molecule has 22 heavy (non-hydrogen) atoms. The number of nitrogens with one attached hydrogen (secondary N) is 1. The molecule has 1 aliphatic heterocycles. The van der Waals surface area contributed by atoms with E-state index < -0.39 is 5.60 Å². The second kappa shape index (κ2) is 7.28. The average molecular weight is 295 g/mol. The fourth-order valence-electron chi connectivity index (χ4n) is 2.89. The molecule has 3 rings (SSSR count). The Morgan fingerprint density at radius 3 is 2.41 bits per heavy atom.